The Kier molecular flexibility index (Phi) is 5.32. The molecule has 0 amide bonds. The molecule has 0 radical (unpaired) electrons. The summed E-state index contributed by atoms with van der Waals surface area (Å²) in [6.07, 6.45) is -0.717. The first kappa shape index (κ1) is 18.6. The normalized spacial score (nSPS) is 30.4. The highest BCUT2D eigenvalue weighted by atomic mass is 32.2. The minimum atomic E-state index is -3.09. The van der Waals surface area contributed by atoms with E-state index in [1.807, 2.05) is 12.1 Å². The SMILES string of the molecule is O=S1(=O)C[C@@H](O)[C@H]([NH+]2CC[NH+](C(c3ccccc3)c3ccccc3)CC2)C1. The van der Waals surface area contributed by atoms with E-state index in [0.717, 1.165) is 26.2 Å². The largest absolute Gasteiger partial charge is 0.386 e. The number of sulfone groups is 1. The van der Waals surface area contributed by atoms with Crippen LogP contribution in [-0.2, 0) is 9.84 Å². The van der Waals surface area contributed by atoms with Gasteiger partial charge in [-0.2, -0.15) is 0 Å². The highest BCUT2D eigenvalue weighted by Crippen LogP contribution is 2.19. The molecule has 2 fully saturated rings. The van der Waals surface area contributed by atoms with Crippen LogP contribution in [0.15, 0.2) is 60.7 Å². The summed E-state index contributed by atoms with van der Waals surface area (Å²) in [5, 5.41) is 10.2. The molecule has 0 spiro atoms. The van der Waals surface area contributed by atoms with Crippen LogP contribution in [0.5, 0.6) is 0 Å². The molecular formula is C21H28N2O3S+2. The molecule has 0 aromatic heterocycles. The monoisotopic (exact) mass is 388 g/mol. The lowest BCUT2D eigenvalue weighted by Crippen LogP contribution is -3.30. The van der Waals surface area contributed by atoms with Crippen molar-refractivity contribution >= 4 is 9.84 Å². The van der Waals surface area contributed by atoms with Crippen molar-refractivity contribution in [2.75, 3.05) is 37.7 Å². The Labute approximate surface area is 161 Å². The number of aliphatic hydroxyl groups is 1. The minimum Gasteiger partial charge on any atom is -0.386 e. The molecule has 6 heteroatoms. The summed E-state index contributed by atoms with van der Waals surface area (Å²) >= 11 is 0. The second kappa shape index (κ2) is 7.72. The van der Waals surface area contributed by atoms with Gasteiger partial charge in [-0.1, -0.05) is 60.7 Å². The van der Waals surface area contributed by atoms with E-state index < -0.39 is 15.9 Å². The number of rotatable bonds is 4. The molecule has 0 aliphatic carbocycles. The molecule has 0 unspecified atom stereocenters. The van der Waals surface area contributed by atoms with Gasteiger partial charge < -0.3 is 14.9 Å². The first-order valence-electron chi connectivity index (χ1n) is 9.71. The number of hydrogen-bond donors (Lipinski definition) is 3. The standard InChI is InChI=1S/C21H26N2O3S/c24-20-16-27(25,26)15-19(20)22-11-13-23(14-12-22)21(17-7-3-1-4-8-17)18-9-5-2-6-10-18/h1-10,19-21,24H,11-16H2/p+2/t19-,20-/m1/s1. The fraction of sp³-hybridized carbons (Fsp3) is 0.429. The van der Waals surface area contributed by atoms with E-state index in [1.165, 1.54) is 20.9 Å². The molecule has 2 aliphatic rings. The average molecular weight is 389 g/mol. The quantitative estimate of drug-likeness (QED) is 0.611. The van der Waals surface area contributed by atoms with Crippen LogP contribution in [-0.4, -0.2) is 63.4 Å². The summed E-state index contributed by atoms with van der Waals surface area (Å²) in [7, 11) is -3.09. The molecule has 27 heavy (non-hydrogen) atoms. The number of hydrogen-bond acceptors (Lipinski definition) is 3. The summed E-state index contributed by atoms with van der Waals surface area (Å²) in [5.74, 6) is 0.0496. The van der Waals surface area contributed by atoms with Crippen LogP contribution < -0.4 is 9.80 Å². The van der Waals surface area contributed by atoms with Crippen LogP contribution in [0.2, 0.25) is 0 Å². The van der Waals surface area contributed by atoms with Gasteiger partial charge in [0.25, 0.3) is 0 Å². The number of piperazine rings is 1. The summed E-state index contributed by atoms with van der Waals surface area (Å²) < 4.78 is 23.7. The maximum Gasteiger partial charge on any atom is 0.159 e. The molecule has 2 aliphatic heterocycles. The number of benzene rings is 2. The minimum absolute atomic E-state index is 0.0750. The third-order valence-corrected chi connectivity index (χ3v) is 7.77. The van der Waals surface area contributed by atoms with Gasteiger partial charge in [-0.25, -0.2) is 8.42 Å². The van der Waals surface area contributed by atoms with Gasteiger partial charge in [0.15, 0.2) is 9.84 Å². The maximum absolute atomic E-state index is 11.9. The van der Waals surface area contributed by atoms with Gasteiger partial charge in [0.2, 0.25) is 0 Å². The molecule has 2 aromatic rings. The molecule has 2 heterocycles. The lowest BCUT2D eigenvalue weighted by molar-refractivity contribution is -1.03. The van der Waals surface area contributed by atoms with E-state index >= 15 is 0 Å². The van der Waals surface area contributed by atoms with E-state index in [2.05, 4.69) is 48.5 Å². The van der Waals surface area contributed by atoms with Gasteiger partial charge in [-0.05, 0) is 0 Å². The Hall–Kier alpha value is -1.73. The predicted molar refractivity (Wildman–Crippen MR) is 105 cm³/mol. The van der Waals surface area contributed by atoms with Crippen LogP contribution in [0.3, 0.4) is 0 Å². The Morgan fingerprint density at radius 3 is 1.78 bits per heavy atom. The van der Waals surface area contributed by atoms with E-state index in [9.17, 15) is 13.5 Å². The number of quaternary nitrogens is 2. The summed E-state index contributed by atoms with van der Waals surface area (Å²) in [5.41, 5.74) is 2.62. The second-order valence-corrected chi connectivity index (χ2v) is 9.98. The van der Waals surface area contributed by atoms with Crippen molar-refractivity contribution in [1.29, 1.82) is 0 Å². The topological polar surface area (TPSA) is 63.2 Å². The zero-order chi connectivity index (χ0) is 18.9. The molecule has 0 saturated carbocycles. The van der Waals surface area contributed by atoms with Gasteiger partial charge >= 0.3 is 0 Å². The maximum atomic E-state index is 11.9. The van der Waals surface area contributed by atoms with Crippen LogP contribution in [0, 0.1) is 0 Å². The first-order chi connectivity index (χ1) is 13.0. The Morgan fingerprint density at radius 2 is 1.33 bits per heavy atom. The van der Waals surface area contributed by atoms with E-state index in [4.69, 9.17) is 0 Å². The van der Waals surface area contributed by atoms with Gasteiger partial charge in [-0.15, -0.1) is 0 Å². The van der Waals surface area contributed by atoms with E-state index in [-0.39, 0.29) is 23.6 Å². The van der Waals surface area contributed by atoms with Crippen LogP contribution >= 0.6 is 0 Å². The zero-order valence-electron chi connectivity index (χ0n) is 15.4. The third kappa shape index (κ3) is 4.09. The van der Waals surface area contributed by atoms with Gasteiger partial charge in [0.1, 0.15) is 50.1 Å². The highest BCUT2D eigenvalue weighted by molar-refractivity contribution is 7.91. The molecular weight excluding hydrogens is 360 g/mol. The van der Waals surface area contributed by atoms with Crippen molar-refractivity contribution < 1.29 is 23.3 Å². The average Bonchev–Trinajstić information content (AvgIpc) is 2.97. The molecule has 2 saturated heterocycles. The van der Waals surface area contributed by atoms with Crippen LogP contribution in [0.25, 0.3) is 0 Å². The van der Waals surface area contributed by atoms with Crippen molar-refractivity contribution in [3.63, 3.8) is 0 Å². The zero-order valence-corrected chi connectivity index (χ0v) is 16.2. The predicted octanol–water partition coefficient (Wildman–Crippen LogP) is -1.28. The molecule has 2 aromatic carbocycles. The summed E-state index contributed by atoms with van der Waals surface area (Å²) in [6.45, 7) is 3.71. The lowest BCUT2D eigenvalue weighted by atomic mass is 9.96. The van der Waals surface area contributed by atoms with Crippen LogP contribution in [0.4, 0.5) is 0 Å². The van der Waals surface area contributed by atoms with Crippen molar-refractivity contribution in [2.45, 2.75) is 18.2 Å². The third-order valence-electron chi connectivity index (χ3n) is 6.06. The van der Waals surface area contributed by atoms with Gasteiger partial charge in [0, 0.05) is 11.1 Å². The Balaban J connectivity index is 1.51. The number of aliphatic hydroxyl groups excluding tert-OH is 1. The smallest absolute Gasteiger partial charge is 0.159 e. The number of nitrogens with one attached hydrogen (secondary N) is 2. The molecule has 0 bridgehead atoms. The molecule has 144 valence electrons. The summed E-state index contributed by atoms with van der Waals surface area (Å²) in [4.78, 5) is 2.75. The van der Waals surface area contributed by atoms with Gasteiger partial charge in [-0.3, -0.25) is 0 Å². The molecule has 5 nitrogen and oxygen atoms in total. The second-order valence-electron chi connectivity index (χ2n) is 7.82. The molecule has 4 rings (SSSR count). The fourth-order valence-electron chi connectivity index (χ4n) is 4.73. The lowest BCUT2D eigenvalue weighted by Gasteiger charge is -2.37. The summed E-state index contributed by atoms with van der Waals surface area (Å²) in [6, 6.07) is 21.3. The first-order valence-corrected chi connectivity index (χ1v) is 11.5. The Morgan fingerprint density at radius 1 is 0.815 bits per heavy atom. The van der Waals surface area contributed by atoms with Gasteiger partial charge in [0.05, 0.1) is 5.75 Å². The van der Waals surface area contributed by atoms with Crippen molar-refractivity contribution in [3.05, 3.63) is 71.8 Å². The van der Waals surface area contributed by atoms with Crippen molar-refractivity contribution in [1.82, 2.24) is 0 Å². The Bertz CT molecular complexity index is 810. The molecule has 2 atom stereocenters. The molecule has 3 N–H and O–H groups in total. The van der Waals surface area contributed by atoms with Crippen LogP contribution in [0.1, 0.15) is 17.2 Å². The van der Waals surface area contributed by atoms with E-state index in [1.54, 1.807) is 0 Å². The van der Waals surface area contributed by atoms with Crippen molar-refractivity contribution in [2.24, 2.45) is 0 Å². The highest BCUT2D eigenvalue weighted by Gasteiger charge is 2.45. The fourth-order valence-corrected chi connectivity index (χ4v) is 6.62. The van der Waals surface area contributed by atoms with Crippen molar-refractivity contribution in [3.8, 4) is 0 Å². The van der Waals surface area contributed by atoms with E-state index in [0.29, 0.717) is 0 Å².